The van der Waals surface area contributed by atoms with Gasteiger partial charge in [-0.25, -0.2) is 4.98 Å². The Kier molecular flexibility index (Phi) is 5.99. The highest BCUT2D eigenvalue weighted by molar-refractivity contribution is 7.09. The lowest BCUT2D eigenvalue weighted by atomic mass is 10.1. The van der Waals surface area contributed by atoms with Crippen LogP contribution < -0.4 is 10.2 Å². The lowest BCUT2D eigenvalue weighted by molar-refractivity contribution is -0.137. The predicted molar refractivity (Wildman–Crippen MR) is 92.0 cm³/mol. The third-order valence-electron chi connectivity index (χ3n) is 3.44. The lowest BCUT2D eigenvalue weighted by Gasteiger charge is -2.19. The first-order chi connectivity index (χ1) is 11.7. The van der Waals surface area contributed by atoms with E-state index in [1.54, 1.807) is 4.90 Å². The topological polar surface area (TPSA) is 58.1 Å². The maximum atomic E-state index is 13.0. The number of nitrogens with one attached hydrogen (secondary N) is 1. The van der Waals surface area contributed by atoms with Crippen molar-refractivity contribution >= 4 is 28.3 Å². The van der Waals surface area contributed by atoms with E-state index in [0.29, 0.717) is 17.5 Å². The number of carbonyl (C=O) groups is 1. The summed E-state index contributed by atoms with van der Waals surface area (Å²) in [6.45, 7) is 6.15. The minimum Gasteiger partial charge on any atom is -0.338 e. The second kappa shape index (κ2) is 7.81. The zero-order valence-electron chi connectivity index (χ0n) is 14.1. The van der Waals surface area contributed by atoms with Gasteiger partial charge in [-0.2, -0.15) is 17.5 Å². The van der Waals surface area contributed by atoms with Crippen LogP contribution in [-0.2, 0) is 11.0 Å². The molecule has 0 aliphatic carbocycles. The van der Waals surface area contributed by atoms with Gasteiger partial charge in [0.25, 0.3) is 0 Å². The summed E-state index contributed by atoms with van der Waals surface area (Å²) in [5.41, 5.74) is -1.12. The molecule has 1 amide bonds. The highest BCUT2D eigenvalue weighted by atomic mass is 32.1. The average Bonchev–Trinajstić information content (AvgIpc) is 3.02. The summed E-state index contributed by atoms with van der Waals surface area (Å²) >= 11 is 1.17. The molecule has 1 aromatic carbocycles. The minimum absolute atomic E-state index is 0.102. The molecule has 2 aromatic rings. The van der Waals surface area contributed by atoms with Crippen molar-refractivity contribution < 1.29 is 18.0 Å². The molecule has 0 saturated carbocycles. The summed E-state index contributed by atoms with van der Waals surface area (Å²) in [5, 5.41) is 2.91. The number of para-hydroxylation sites is 1. The van der Waals surface area contributed by atoms with Crippen molar-refractivity contribution in [2.45, 2.75) is 32.9 Å². The number of carbonyl (C=O) groups excluding carboxylic acids is 1. The zero-order chi connectivity index (χ0) is 18.6. The molecular weight excluding hydrogens is 353 g/mol. The number of halogens is 3. The Morgan fingerprint density at radius 2 is 2.00 bits per heavy atom. The number of nitrogens with zero attached hydrogens (tertiary/aromatic N) is 3. The first-order valence-corrected chi connectivity index (χ1v) is 8.54. The van der Waals surface area contributed by atoms with E-state index in [1.165, 1.54) is 29.7 Å². The van der Waals surface area contributed by atoms with E-state index >= 15 is 0 Å². The molecule has 2 rings (SSSR count). The molecule has 25 heavy (non-hydrogen) atoms. The van der Waals surface area contributed by atoms with Gasteiger partial charge in [-0.3, -0.25) is 4.79 Å². The van der Waals surface area contributed by atoms with Crippen molar-refractivity contribution in [3.05, 3.63) is 35.7 Å². The van der Waals surface area contributed by atoms with Crippen LogP contribution >= 0.6 is 11.5 Å². The van der Waals surface area contributed by atoms with Gasteiger partial charge in [0.05, 0.1) is 17.8 Å². The van der Waals surface area contributed by atoms with Crippen molar-refractivity contribution in [2.75, 3.05) is 23.3 Å². The highest BCUT2D eigenvalue weighted by Gasteiger charge is 2.33. The number of likely N-dealkylation sites (N-methyl/N-ethyl adjacent to an activating group) is 1. The van der Waals surface area contributed by atoms with Crippen molar-refractivity contribution in [1.82, 2.24) is 9.36 Å². The van der Waals surface area contributed by atoms with Crippen LogP contribution in [0.4, 0.5) is 24.0 Å². The molecule has 0 bridgehead atoms. The SMILES string of the molecule is CCN(CC(=O)Nc1ccccc1C(F)(F)F)c1nc(C(C)C)ns1. The molecule has 1 aromatic heterocycles. The maximum Gasteiger partial charge on any atom is 0.418 e. The van der Waals surface area contributed by atoms with E-state index < -0.39 is 17.6 Å². The van der Waals surface area contributed by atoms with Crippen molar-refractivity contribution in [3.8, 4) is 0 Å². The van der Waals surface area contributed by atoms with E-state index in [2.05, 4.69) is 14.7 Å². The molecule has 0 radical (unpaired) electrons. The molecule has 0 spiro atoms. The first-order valence-electron chi connectivity index (χ1n) is 7.77. The van der Waals surface area contributed by atoms with Crippen molar-refractivity contribution in [1.29, 1.82) is 0 Å². The van der Waals surface area contributed by atoms with Crippen LogP contribution in [0.15, 0.2) is 24.3 Å². The summed E-state index contributed by atoms with van der Waals surface area (Å²) in [6, 6.07) is 4.90. The highest BCUT2D eigenvalue weighted by Crippen LogP contribution is 2.34. The number of anilines is 2. The van der Waals surface area contributed by atoms with Gasteiger partial charge in [0.1, 0.15) is 5.82 Å². The fraction of sp³-hybridized carbons (Fsp3) is 0.438. The number of amides is 1. The summed E-state index contributed by atoms with van der Waals surface area (Å²) in [5.74, 6) is 0.303. The monoisotopic (exact) mass is 372 g/mol. The van der Waals surface area contributed by atoms with Crippen LogP contribution in [-0.4, -0.2) is 28.4 Å². The largest absolute Gasteiger partial charge is 0.418 e. The van der Waals surface area contributed by atoms with E-state index in [-0.39, 0.29) is 18.2 Å². The van der Waals surface area contributed by atoms with Crippen molar-refractivity contribution in [3.63, 3.8) is 0 Å². The van der Waals surface area contributed by atoms with Gasteiger partial charge >= 0.3 is 6.18 Å². The van der Waals surface area contributed by atoms with Gasteiger partial charge in [0, 0.05) is 24.0 Å². The number of rotatable bonds is 6. The summed E-state index contributed by atoms with van der Waals surface area (Å²) in [6.07, 6.45) is -4.53. The number of benzene rings is 1. The van der Waals surface area contributed by atoms with Gasteiger partial charge < -0.3 is 10.2 Å². The van der Waals surface area contributed by atoms with Crippen molar-refractivity contribution in [2.24, 2.45) is 0 Å². The third kappa shape index (κ3) is 4.91. The predicted octanol–water partition coefficient (Wildman–Crippen LogP) is 4.15. The maximum absolute atomic E-state index is 13.0. The molecule has 0 saturated heterocycles. The molecule has 0 unspecified atom stereocenters. The summed E-state index contributed by atoms with van der Waals surface area (Å²) < 4.78 is 43.2. The quantitative estimate of drug-likeness (QED) is 0.828. The van der Waals surface area contributed by atoms with Gasteiger partial charge in [0.2, 0.25) is 11.0 Å². The van der Waals surface area contributed by atoms with E-state index in [9.17, 15) is 18.0 Å². The molecule has 1 N–H and O–H groups in total. The second-order valence-electron chi connectivity index (χ2n) is 5.70. The first kappa shape index (κ1) is 19.2. The number of alkyl halides is 3. The third-order valence-corrected chi connectivity index (χ3v) is 4.23. The lowest BCUT2D eigenvalue weighted by Crippen LogP contribution is -2.33. The fourth-order valence-corrected chi connectivity index (χ4v) is 2.98. The number of hydrogen-bond acceptors (Lipinski definition) is 5. The standard InChI is InChI=1S/C16H19F3N4OS/c1-4-23(15-21-14(10(2)3)22-25-15)9-13(24)20-12-8-6-5-7-11(12)16(17,18)19/h5-8,10H,4,9H2,1-3H3,(H,20,24). The number of hydrogen-bond donors (Lipinski definition) is 1. The Bertz CT molecular complexity index is 730. The Balaban J connectivity index is 2.11. The van der Waals surface area contributed by atoms with Crippen LogP contribution in [0.2, 0.25) is 0 Å². The van der Waals surface area contributed by atoms with Crippen LogP contribution in [0.3, 0.4) is 0 Å². The second-order valence-corrected chi connectivity index (χ2v) is 6.43. The summed E-state index contributed by atoms with van der Waals surface area (Å²) in [7, 11) is 0. The molecule has 0 aliphatic rings. The van der Waals surface area contributed by atoms with Crippen LogP contribution in [0.25, 0.3) is 0 Å². The molecule has 0 aliphatic heterocycles. The summed E-state index contributed by atoms with van der Waals surface area (Å²) in [4.78, 5) is 18.3. The normalized spacial score (nSPS) is 11.6. The molecule has 0 atom stereocenters. The number of aromatic nitrogens is 2. The molecule has 5 nitrogen and oxygen atoms in total. The van der Waals surface area contributed by atoms with Gasteiger partial charge in [-0.1, -0.05) is 26.0 Å². The van der Waals surface area contributed by atoms with Crippen LogP contribution in [0, 0.1) is 0 Å². The van der Waals surface area contributed by atoms with Gasteiger partial charge in [-0.05, 0) is 19.1 Å². The molecule has 136 valence electrons. The van der Waals surface area contributed by atoms with Gasteiger partial charge in [-0.15, -0.1) is 0 Å². The molecule has 1 heterocycles. The minimum atomic E-state index is -4.53. The molecule has 0 fully saturated rings. The average molecular weight is 372 g/mol. The fourth-order valence-electron chi connectivity index (χ4n) is 2.11. The Morgan fingerprint density at radius 1 is 1.32 bits per heavy atom. The van der Waals surface area contributed by atoms with E-state index in [0.717, 1.165) is 6.07 Å². The zero-order valence-corrected chi connectivity index (χ0v) is 14.9. The molecule has 9 heteroatoms. The Morgan fingerprint density at radius 3 is 2.56 bits per heavy atom. The Hall–Kier alpha value is -2.16. The van der Waals surface area contributed by atoms with E-state index in [4.69, 9.17) is 0 Å². The van der Waals surface area contributed by atoms with Gasteiger partial charge in [0.15, 0.2) is 0 Å². The van der Waals surface area contributed by atoms with E-state index in [1.807, 2.05) is 20.8 Å². The smallest absolute Gasteiger partial charge is 0.338 e. The Labute approximate surface area is 148 Å². The van der Waals surface area contributed by atoms with Crippen LogP contribution in [0.5, 0.6) is 0 Å². The molecular formula is C16H19F3N4OS. The van der Waals surface area contributed by atoms with Crippen LogP contribution in [0.1, 0.15) is 38.1 Å².